The van der Waals surface area contributed by atoms with E-state index in [1.54, 1.807) is 6.08 Å². The Kier molecular flexibility index (Phi) is 3.10. The van der Waals surface area contributed by atoms with E-state index >= 15 is 0 Å². The van der Waals surface area contributed by atoms with Gasteiger partial charge >= 0.3 is 5.97 Å². The Balaban J connectivity index is 1.83. The highest BCUT2D eigenvalue weighted by Gasteiger charge is 2.41. The van der Waals surface area contributed by atoms with Gasteiger partial charge in [-0.1, -0.05) is 5.57 Å². The summed E-state index contributed by atoms with van der Waals surface area (Å²) in [5.74, 6) is -0.170. The van der Waals surface area contributed by atoms with E-state index in [-0.39, 0.29) is 5.97 Å². The summed E-state index contributed by atoms with van der Waals surface area (Å²) in [5, 5.41) is 3.37. The molecule has 2 aliphatic rings. The second-order valence-electron chi connectivity index (χ2n) is 4.66. The van der Waals surface area contributed by atoms with Crippen molar-refractivity contribution in [1.29, 1.82) is 0 Å². The summed E-state index contributed by atoms with van der Waals surface area (Å²) in [6.45, 7) is 4.57. The first-order valence-corrected chi connectivity index (χ1v) is 5.81. The fourth-order valence-corrected chi connectivity index (χ4v) is 2.67. The van der Waals surface area contributed by atoms with Crippen molar-refractivity contribution in [3.63, 3.8) is 0 Å². The number of carbonyl (C=O) groups excluding carboxylic acids is 1. The summed E-state index contributed by atoms with van der Waals surface area (Å²) >= 11 is 0. The van der Waals surface area contributed by atoms with Crippen molar-refractivity contribution in [1.82, 2.24) is 5.32 Å². The number of rotatable bonds is 2. The molecule has 2 rings (SSSR count). The number of carbonyl (C=O) groups is 1. The maximum Gasteiger partial charge on any atom is 0.330 e. The highest BCUT2D eigenvalue weighted by molar-refractivity contribution is 5.83. The van der Waals surface area contributed by atoms with E-state index in [0.717, 1.165) is 25.9 Å². The minimum Gasteiger partial charge on any atom is -0.463 e. The van der Waals surface area contributed by atoms with Gasteiger partial charge in [-0.25, -0.2) is 4.79 Å². The summed E-state index contributed by atoms with van der Waals surface area (Å²) in [6.07, 6.45) is 6.41. The Morgan fingerprint density at radius 1 is 1.47 bits per heavy atom. The van der Waals surface area contributed by atoms with Crippen LogP contribution in [0, 0.1) is 5.41 Å². The van der Waals surface area contributed by atoms with E-state index < -0.39 is 0 Å². The molecule has 1 heterocycles. The third-order valence-corrected chi connectivity index (χ3v) is 3.48. The molecule has 3 heteroatoms. The molecule has 1 aliphatic heterocycles. The molecule has 1 saturated carbocycles. The average molecular weight is 209 g/mol. The number of hydrogen-bond acceptors (Lipinski definition) is 3. The van der Waals surface area contributed by atoms with Gasteiger partial charge in [-0.2, -0.15) is 0 Å². The maximum absolute atomic E-state index is 11.2. The van der Waals surface area contributed by atoms with E-state index in [9.17, 15) is 4.79 Å². The van der Waals surface area contributed by atoms with Crippen molar-refractivity contribution in [3.05, 3.63) is 11.6 Å². The van der Waals surface area contributed by atoms with Crippen LogP contribution in [-0.4, -0.2) is 25.7 Å². The van der Waals surface area contributed by atoms with Crippen LogP contribution in [0.1, 0.15) is 32.6 Å². The number of nitrogens with one attached hydrogen (secondary N) is 1. The molecule has 0 amide bonds. The van der Waals surface area contributed by atoms with Gasteiger partial charge in [0.25, 0.3) is 0 Å². The molecule has 1 spiro atoms. The molecular formula is C12H19NO2. The number of piperidine rings is 1. The zero-order valence-corrected chi connectivity index (χ0v) is 9.34. The summed E-state index contributed by atoms with van der Waals surface area (Å²) in [4.78, 5) is 11.2. The molecule has 3 nitrogen and oxygen atoms in total. The standard InChI is InChI=1S/C12H19NO2/c1-2-15-11(14)7-10-8-12(9-10)3-5-13-6-4-12/h7,13H,2-6,8-9H2,1H3. The summed E-state index contributed by atoms with van der Waals surface area (Å²) in [5.41, 5.74) is 1.79. The average Bonchev–Trinajstić information content (AvgIpc) is 2.17. The van der Waals surface area contributed by atoms with Gasteiger partial charge in [0.05, 0.1) is 6.61 Å². The molecule has 0 atom stereocenters. The van der Waals surface area contributed by atoms with E-state index in [1.807, 2.05) is 6.92 Å². The van der Waals surface area contributed by atoms with Crippen LogP contribution in [0.4, 0.5) is 0 Å². The van der Waals surface area contributed by atoms with Crippen molar-refractivity contribution in [2.24, 2.45) is 5.41 Å². The fraction of sp³-hybridized carbons (Fsp3) is 0.750. The molecule has 0 radical (unpaired) electrons. The van der Waals surface area contributed by atoms with Crippen LogP contribution in [0.5, 0.6) is 0 Å². The van der Waals surface area contributed by atoms with Crippen LogP contribution in [0.2, 0.25) is 0 Å². The zero-order valence-electron chi connectivity index (χ0n) is 9.34. The SMILES string of the molecule is CCOC(=O)C=C1CC2(CCNCC2)C1. The fourth-order valence-electron chi connectivity index (χ4n) is 2.67. The third kappa shape index (κ3) is 2.40. The number of allylic oxidation sites excluding steroid dienone is 1. The van der Waals surface area contributed by atoms with Crippen LogP contribution in [0.15, 0.2) is 11.6 Å². The summed E-state index contributed by atoms with van der Waals surface area (Å²) in [7, 11) is 0. The van der Waals surface area contributed by atoms with E-state index in [0.29, 0.717) is 12.0 Å². The molecule has 0 aromatic rings. The van der Waals surface area contributed by atoms with Gasteiger partial charge in [0.1, 0.15) is 0 Å². The molecule has 0 bridgehead atoms. The van der Waals surface area contributed by atoms with Crippen molar-refractivity contribution in [2.45, 2.75) is 32.6 Å². The van der Waals surface area contributed by atoms with Crippen LogP contribution < -0.4 is 5.32 Å². The lowest BCUT2D eigenvalue weighted by molar-refractivity contribution is -0.137. The maximum atomic E-state index is 11.2. The number of hydrogen-bond donors (Lipinski definition) is 1. The molecule has 1 N–H and O–H groups in total. The molecule has 0 aromatic heterocycles. The second kappa shape index (κ2) is 4.35. The van der Waals surface area contributed by atoms with E-state index in [1.165, 1.54) is 18.4 Å². The lowest BCUT2D eigenvalue weighted by atomic mass is 9.60. The van der Waals surface area contributed by atoms with Gasteiger partial charge in [-0.05, 0) is 51.1 Å². The first-order valence-electron chi connectivity index (χ1n) is 5.81. The number of esters is 1. The van der Waals surface area contributed by atoms with Crippen LogP contribution >= 0.6 is 0 Å². The van der Waals surface area contributed by atoms with Crippen LogP contribution in [0.3, 0.4) is 0 Å². The Hall–Kier alpha value is -0.830. The monoisotopic (exact) mass is 209 g/mol. The Labute approximate surface area is 90.9 Å². The van der Waals surface area contributed by atoms with E-state index in [4.69, 9.17) is 4.74 Å². The first kappa shape index (κ1) is 10.7. The zero-order chi connectivity index (χ0) is 10.7. The lowest BCUT2D eigenvalue weighted by Gasteiger charge is -2.47. The quantitative estimate of drug-likeness (QED) is 0.555. The third-order valence-electron chi connectivity index (χ3n) is 3.48. The largest absolute Gasteiger partial charge is 0.463 e. The summed E-state index contributed by atoms with van der Waals surface area (Å²) < 4.78 is 4.90. The minimum absolute atomic E-state index is 0.170. The van der Waals surface area contributed by atoms with E-state index in [2.05, 4.69) is 5.32 Å². The topological polar surface area (TPSA) is 38.3 Å². The Morgan fingerprint density at radius 2 is 2.13 bits per heavy atom. The van der Waals surface area contributed by atoms with Gasteiger partial charge < -0.3 is 10.1 Å². The second-order valence-corrected chi connectivity index (χ2v) is 4.66. The smallest absolute Gasteiger partial charge is 0.330 e. The van der Waals surface area contributed by atoms with Crippen molar-refractivity contribution in [3.8, 4) is 0 Å². The minimum atomic E-state index is -0.170. The van der Waals surface area contributed by atoms with Crippen LogP contribution in [0.25, 0.3) is 0 Å². The highest BCUT2D eigenvalue weighted by atomic mass is 16.5. The van der Waals surface area contributed by atoms with Crippen molar-refractivity contribution in [2.75, 3.05) is 19.7 Å². The molecular weight excluding hydrogens is 190 g/mol. The first-order chi connectivity index (χ1) is 7.24. The summed E-state index contributed by atoms with van der Waals surface area (Å²) in [6, 6.07) is 0. The van der Waals surface area contributed by atoms with Crippen molar-refractivity contribution >= 4 is 5.97 Å². The predicted octanol–water partition coefficient (Wildman–Crippen LogP) is 1.64. The Bertz CT molecular complexity index is 267. The van der Waals surface area contributed by atoms with Crippen molar-refractivity contribution < 1.29 is 9.53 Å². The normalized spacial score (nSPS) is 23.4. The van der Waals surface area contributed by atoms with Gasteiger partial charge in [0.2, 0.25) is 0 Å². The van der Waals surface area contributed by atoms with Gasteiger partial charge in [0, 0.05) is 6.08 Å². The molecule has 0 aromatic carbocycles. The lowest BCUT2D eigenvalue weighted by Crippen LogP contribution is -2.42. The molecule has 1 saturated heterocycles. The van der Waals surface area contributed by atoms with Crippen LogP contribution in [-0.2, 0) is 9.53 Å². The molecule has 0 unspecified atom stereocenters. The Morgan fingerprint density at radius 3 is 2.73 bits per heavy atom. The molecule has 2 fully saturated rings. The van der Waals surface area contributed by atoms with Gasteiger partial charge in [-0.3, -0.25) is 0 Å². The molecule has 15 heavy (non-hydrogen) atoms. The molecule has 84 valence electrons. The van der Waals surface area contributed by atoms with Gasteiger partial charge in [0.15, 0.2) is 0 Å². The van der Waals surface area contributed by atoms with Gasteiger partial charge in [-0.15, -0.1) is 0 Å². The number of ether oxygens (including phenoxy) is 1. The predicted molar refractivity (Wildman–Crippen MR) is 58.5 cm³/mol. The highest BCUT2D eigenvalue weighted by Crippen LogP contribution is 2.51. The molecule has 1 aliphatic carbocycles.